The van der Waals surface area contributed by atoms with E-state index in [4.69, 9.17) is 28.9 Å². The lowest BCUT2D eigenvalue weighted by Gasteiger charge is -2.14. The zero-order chi connectivity index (χ0) is 15.6. The lowest BCUT2D eigenvalue weighted by molar-refractivity contribution is 0.588. The summed E-state index contributed by atoms with van der Waals surface area (Å²) in [5.74, 6) is 0. The van der Waals surface area contributed by atoms with Gasteiger partial charge in [-0.2, -0.15) is 0 Å². The SMILES string of the molecule is CNS(=O)(=O)c1cc(N)ccc1Nc1cccc(Cl)c1Cl. The predicted octanol–water partition coefficient (Wildman–Crippen LogP) is 3.23. The Bertz CT molecular complexity index is 779. The van der Waals surface area contributed by atoms with E-state index >= 15 is 0 Å². The van der Waals surface area contributed by atoms with Crippen LogP contribution in [0.25, 0.3) is 0 Å². The molecule has 0 aliphatic carbocycles. The van der Waals surface area contributed by atoms with E-state index in [9.17, 15) is 8.42 Å². The van der Waals surface area contributed by atoms with Gasteiger partial charge in [0.05, 0.1) is 21.4 Å². The van der Waals surface area contributed by atoms with Gasteiger partial charge in [0.15, 0.2) is 0 Å². The molecule has 0 saturated heterocycles. The summed E-state index contributed by atoms with van der Waals surface area (Å²) in [4.78, 5) is 0.0287. The van der Waals surface area contributed by atoms with Gasteiger partial charge in [-0.15, -0.1) is 0 Å². The molecule has 0 radical (unpaired) electrons. The van der Waals surface area contributed by atoms with Gasteiger partial charge in [-0.1, -0.05) is 29.3 Å². The molecule has 8 heteroatoms. The molecule has 4 N–H and O–H groups in total. The molecule has 0 spiro atoms. The van der Waals surface area contributed by atoms with E-state index in [1.54, 1.807) is 30.3 Å². The van der Waals surface area contributed by atoms with Crippen LogP contribution in [0.15, 0.2) is 41.3 Å². The molecule has 0 aliphatic rings. The lowest BCUT2D eigenvalue weighted by Crippen LogP contribution is -2.20. The monoisotopic (exact) mass is 345 g/mol. The Morgan fingerprint density at radius 3 is 2.48 bits per heavy atom. The van der Waals surface area contributed by atoms with Gasteiger partial charge in [0.2, 0.25) is 10.0 Å². The Morgan fingerprint density at radius 2 is 1.81 bits per heavy atom. The van der Waals surface area contributed by atoms with Gasteiger partial charge in [0.1, 0.15) is 4.90 Å². The van der Waals surface area contributed by atoms with Crippen LogP contribution in [0.5, 0.6) is 0 Å². The first-order valence-corrected chi connectivity index (χ1v) is 8.13. The van der Waals surface area contributed by atoms with Crippen LogP contribution in [-0.2, 0) is 10.0 Å². The smallest absolute Gasteiger partial charge is 0.242 e. The average molecular weight is 346 g/mol. The quantitative estimate of drug-likeness (QED) is 0.742. The van der Waals surface area contributed by atoms with E-state index in [-0.39, 0.29) is 4.90 Å². The molecule has 2 rings (SSSR count). The summed E-state index contributed by atoms with van der Waals surface area (Å²) in [6.07, 6.45) is 0. The second kappa shape index (κ2) is 6.11. The molecule has 0 fully saturated rings. The van der Waals surface area contributed by atoms with Gasteiger partial charge in [-0.05, 0) is 37.4 Å². The standard InChI is InChI=1S/C13H13Cl2N3O2S/c1-17-21(19,20)12-7-8(16)5-6-10(12)18-11-4-2-3-9(14)13(11)15/h2-7,17-18H,16H2,1H3. The Morgan fingerprint density at radius 1 is 1.10 bits per heavy atom. The molecule has 0 amide bonds. The van der Waals surface area contributed by atoms with Crippen LogP contribution in [-0.4, -0.2) is 15.5 Å². The largest absolute Gasteiger partial charge is 0.399 e. The van der Waals surface area contributed by atoms with E-state index in [1.165, 1.54) is 13.1 Å². The molecular weight excluding hydrogens is 333 g/mol. The number of hydrogen-bond donors (Lipinski definition) is 3. The molecule has 0 aliphatic heterocycles. The van der Waals surface area contributed by atoms with Gasteiger partial charge < -0.3 is 11.1 Å². The number of benzene rings is 2. The first kappa shape index (κ1) is 15.9. The number of sulfonamides is 1. The van der Waals surface area contributed by atoms with Crippen molar-refractivity contribution in [1.82, 2.24) is 4.72 Å². The second-order valence-electron chi connectivity index (χ2n) is 4.19. The van der Waals surface area contributed by atoms with Crippen LogP contribution in [0.4, 0.5) is 17.1 Å². The van der Waals surface area contributed by atoms with Crippen molar-refractivity contribution in [2.45, 2.75) is 4.90 Å². The summed E-state index contributed by atoms with van der Waals surface area (Å²) in [6.45, 7) is 0. The van der Waals surface area contributed by atoms with Gasteiger partial charge in [-0.3, -0.25) is 0 Å². The number of nitrogens with one attached hydrogen (secondary N) is 2. The van der Waals surface area contributed by atoms with Crippen molar-refractivity contribution in [3.8, 4) is 0 Å². The van der Waals surface area contributed by atoms with Crippen molar-refractivity contribution in [2.24, 2.45) is 0 Å². The highest BCUT2D eigenvalue weighted by atomic mass is 35.5. The lowest BCUT2D eigenvalue weighted by atomic mass is 10.2. The molecule has 0 atom stereocenters. The van der Waals surface area contributed by atoms with E-state index in [0.29, 0.717) is 27.1 Å². The van der Waals surface area contributed by atoms with Crippen molar-refractivity contribution >= 4 is 50.3 Å². The second-order valence-corrected chi connectivity index (χ2v) is 6.83. The summed E-state index contributed by atoms with van der Waals surface area (Å²) in [5.41, 5.74) is 6.85. The summed E-state index contributed by atoms with van der Waals surface area (Å²) in [7, 11) is -2.33. The van der Waals surface area contributed by atoms with Crippen molar-refractivity contribution < 1.29 is 8.42 Å². The topological polar surface area (TPSA) is 84.2 Å². The Hall–Kier alpha value is -1.47. The number of halogens is 2. The third kappa shape index (κ3) is 3.41. The van der Waals surface area contributed by atoms with Crippen molar-refractivity contribution in [2.75, 3.05) is 18.1 Å². The minimum absolute atomic E-state index is 0.0287. The minimum atomic E-state index is -3.66. The molecule has 0 heterocycles. The molecule has 2 aromatic rings. The van der Waals surface area contributed by atoms with E-state index in [1.807, 2.05) is 0 Å². The van der Waals surface area contributed by atoms with Crippen LogP contribution in [0.3, 0.4) is 0 Å². The zero-order valence-corrected chi connectivity index (χ0v) is 13.4. The first-order valence-electron chi connectivity index (χ1n) is 5.89. The average Bonchev–Trinajstić information content (AvgIpc) is 2.45. The molecule has 21 heavy (non-hydrogen) atoms. The predicted molar refractivity (Wildman–Crippen MR) is 86.8 cm³/mol. The van der Waals surface area contributed by atoms with Crippen molar-refractivity contribution in [3.05, 3.63) is 46.4 Å². The third-order valence-electron chi connectivity index (χ3n) is 2.78. The van der Waals surface area contributed by atoms with Crippen molar-refractivity contribution in [3.63, 3.8) is 0 Å². The first-order chi connectivity index (χ1) is 9.85. The maximum Gasteiger partial charge on any atom is 0.242 e. The molecule has 0 aromatic heterocycles. The van der Waals surface area contributed by atoms with Gasteiger partial charge in [-0.25, -0.2) is 13.1 Å². The molecule has 0 saturated carbocycles. The van der Waals surface area contributed by atoms with E-state index in [0.717, 1.165) is 0 Å². The van der Waals surface area contributed by atoms with Crippen LogP contribution in [0.2, 0.25) is 10.0 Å². The fourth-order valence-electron chi connectivity index (χ4n) is 1.72. The highest BCUT2D eigenvalue weighted by molar-refractivity contribution is 7.89. The maximum absolute atomic E-state index is 12.1. The molecule has 0 unspecified atom stereocenters. The summed E-state index contributed by atoms with van der Waals surface area (Å²) in [6, 6.07) is 9.57. The van der Waals surface area contributed by atoms with E-state index in [2.05, 4.69) is 10.0 Å². The summed E-state index contributed by atoms with van der Waals surface area (Å²) >= 11 is 12.0. The highest BCUT2D eigenvalue weighted by Crippen LogP contribution is 2.34. The molecular formula is C13H13Cl2N3O2S. The minimum Gasteiger partial charge on any atom is -0.399 e. The molecule has 0 bridgehead atoms. The zero-order valence-electron chi connectivity index (χ0n) is 11.0. The summed E-state index contributed by atoms with van der Waals surface area (Å²) < 4.78 is 26.4. The third-order valence-corrected chi connectivity index (χ3v) is 5.06. The number of hydrogen-bond acceptors (Lipinski definition) is 4. The Kier molecular flexibility index (Phi) is 4.63. The number of nitrogens with two attached hydrogens (primary N) is 1. The van der Waals surface area contributed by atoms with Gasteiger partial charge >= 0.3 is 0 Å². The van der Waals surface area contributed by atoms with Crippen LogP contribution >= 0.6 is 23.2 Å². The van der Waals surface area contributed by atoms with Crippen LogP contribution < -0.4 is 15.8 Å². The molecule has 2 aromatic carbocycles. The van der Waals surface area contributed by atoms with Crippen LogP contribution in [0.1, 0.15) is 0 Å². The van der Waals surface area contributed by atoms with Gasteiger partial charge in [0.25, 0.3) is 0 Å². The molecule has 5 nitrogen and oxygen atoms in total. The Balaban J connectivity index is 2.53. The highest BCUT2D eigenvalue weighted by Gasteiger charge is 2.18. The normalized spacial score (nSPS) is 11.4. The van der Waals surface area contributed by atoms with E-state index < -0.39 is 10.0 Å². The van der Waals surface area contributed by atoms with Crippen molar-refractivity contribution in [1.29, 1.82) is 0 Å². The number of nitrogen functional groups attached to an aromatic ring is 1. The van der Waals surface area contributed by atoms with Gasteiger partial charge in [0, 0.05) is 5.69 Å². The summed E-state index contributed by atoms with van der Waals surface area (Å²) in [5, 5.41) is 3.64. The fraction of sp³-hybridized carbons (Fsp3) is 0.0769. The Labute approximate surface area is 133 Å². The maximum atomic E-state index is 12.1. The fourth-order valence-corrected chi connectivity index (χ4v) is 2.99. The number of anilines is 3. The number of rotatable bonds is 4. The molecule has 112 valence electrons. The van der Waals surface area contributed by atoms with Crippen LogP contribution in [0, 0.1) is 0 Å².